The number of benzene rings is 1. The third kappa shape index (κ3) is 3.64. The molecule has 3 rings (SSSR count). The van der Waals surface area contributed by atoms with E-state index in [0.29, 0.717) is 30.9 Å². The van der Waals surface area contributed by atoms with Crippen molar-refractivity contribution in [2.24, 2.45) is 11.8 Å². The van der Waals surface area contributed by atoms with Crippen molar-refractivity contribution in [3.05, 3.63) is 29.8 Å². The smallest absolute Gasteiger partial charge is 0.251 e. The molecule has 0 aromatic heterocycles. The minimum Gasteiger partial charge on any atom is -0.391 e. The molecule has 4 N–H and O–H groups in total. The Balaban J connectivity index is 1.50. The zero-order valence-corrected chi connectivity index (χ0v) is 12.3. The van der Waals surface area contributed by atoms with E-state index in [1.165, 1.54) is 0 Å². The molecular formula is C16H21N3O3. The predicted molar refractivity (Wildman–Crippen MR) is 82.5 cm³/mol. The molecule has 0 bridgehead atoms. The number of anilines is 1. The maximum absolute atomic E-state index is 12.1. The monoisotopic (exact) mass is 303 g/mol. The normalized spacial score (nSPS) is 24.0. The summed E-state index contributed by atoms with van der Waals surface area (Å²) in [5.74, 6) is 0.106. The van der Waals surface area contributed by atoms with Crippen LogP contribution in [0.2, 0.25) is 0 Å². The summed E-state index contributed by atoms with van der Waals surface area (Å²) in [7, 11) is 0. The van der Waals surface area contributed by atoms with E-state index in [1.54, 1.807) is 24.3 Å². The van der Waals surface area contributed by atoms with E-state index in [-0.39, 0.29) is 23.7 Å². The first kappa shape index (κ1) is 15.0. The standard InChI is InChI=1S/C16H21N3O3/c20-14-9-17-7-12(14)8-18-15(21)10-3-5-13(6-4-10)19-16(22)11-1-2-11/h3-6,11-12,14,17,20H,1-2,7-9H2,(H,18,21)(H,19,22). The summed E-state index contributed by atoms with van der Waals surface area (Å²) in [6.45, 7) is 1.75. The van der Waals surface area contributed by atoms with Gasteiger partial charge in [-0.05, 0) is 37.1 Å². The minimum atomic E-state index is -0.402. The number of nitrogens with one attached hydrogen (secondary N) is 3. The summed E-state index contributed by atoms with van der Waals surface area (Å²) < 4.78 is 0. The molecule has 1 saturated heterocycles. The van der Waals surface area contributed by atoms with Gasteiger partial charge < -0.3 is 21.1 Å². The van der Waals surface area contributed by atoms with Gasteiger partial charge >= 0.3 is 0 Å². The first-order valence-electron chi connectivity index (χ1n) is 7.71. The van der Waals surface area contributed by atoms with Gasteiger partial charge in [0.1, 0.15) is 0 Å². The first-order valence-corrected chi connectivity index (χ1v) is 7.71. The van der Waals surface area contributed by atoms with E-state index in [0.717, 1.165) is 12.8 Å². The van der Waals surface area contributed by atoms with Gasteiger partial charge in [-0.2, -0.15) is 0 Å². The summed E-state index contributed by atoms with van der Waals surface area (Å²) in [4.78, 5) is 23.7. The summed E-state index contributed by atoms with van der Waals surface area (Å²) in [5.41, 5.74) is 1.26. The molecule has 1 aromatic carbocycles. The van der Waals surface area contributed by atoms with Crippen LogP contribution in [-0.2, 0) is 4.79 Å². The van der Waals surface area contributed by atoms with E-state index in [4.69, 9.17) is 0 Å². The number of carbonyl (C=O) groups excluding carboxylic acids is 2. The topological polar surface area (TPSA) is 90.5 Å². The van der Waals surface area contributed by atoms with Crippen molar-refractivity contribution >= 4 is 17.5 Å². The number of aliphatic hydroxyl groups is 1. The average molecular weight is 303 g/mol. The number of hydrogen-bond donors (Lipinski definition) is 4. The van der Waals surface area contributed by atoms with E-state index < -0.39 is 6.10 Å². The zero-order valence-electron chi connectivity index (χ0n) is 12.3. The van der Waals surface area contributed by atoms with Gasteiger partial charge in [0, 0.05) is 42.7 Å². The van der Waals surface area contributed by atoms with Crippen molar-refractivity contribution in [3.8, 4) is 0 Å². The Kier molecular flexibility index (Phi) is 4.40. The van der Waals surface area contributed by atoms with Crippen molar-refractivity contribution in [1.29, 1.82) is 0 Å². The van der Waals surface area contributed by atoms with Gasteiger partial charge in [-0.25, -0.2) is 0 Å². The zero-order chi connectivity index (χ0) is 15.5. The Hall–Kier alpha value is -1.92. The molecule has 6 nitrogen and oxygen atoms in total. The van der Waals surface area contributed by atoms with Crippen molar-refractivity contribution in [2.45, 2.75) is 18.9 Å². The molecule has 2 aliphatic rings. The van der Waals surface area contributed by atoms with Crippen LogP contribution in [0.1, 0.15) is 23.2 Å². The Morgan fingerprint density at radius 3 is 2.50 bits per heavy atom. The van der Waals surface area contributed by atoms with Crippen LogP contribution in [0.4, 0.5) is 5.69 Å². The Morgan fingerprint density at radius 2 is 1.91 bits per heavy atom. The Labute approximate surface area is 129 Å². The molecule has 1 aliphatic heterocycles. The van der Waals surface area contributed by atoms with E-state index in [1.807, 2.05) is 0 Å². The van der Waals surface area contributed by atoms with Gasteiger partial charge in [-0.1, -0.05) is 0 Å². The Bertz CT molecular complexity index is 554. The summed E-state index contributed by atoms with van der Waals surface area (Å²) in [6.07, 6.45) is 1.53. The fraction of sp³-hybridized carbons (Fsp3) is 0.500. The molecule has 1 aromatic rings. The highest BCUT2D eigenvalue weighted by molar-refractivity contribution is 5.96. The molecule has 1 saturated carbocycles. The van der Waals surface area contributed by atoms with Gasteiger partial charge in [0.05, 0.1) is 6.10 Å². The van der Waals surface area contributed by atoms with Crippen molar-refractivity contribution < 1.29 is 14.7 Å². The van der Waals surface area contributed by atoms with E-state index in [2.05, 4.69) is 16.0 Å². The van der Waals surface area contributed by atoms with Crippen LogP contribution < -0.4 is 16.0 Å². The quantitative estimate of drug-likeness (QED) is 0.631. The van der Waals surface area contributed by atoms with Crippen LogP contribution in [0.15, 0.2) is 24.3 Å². The number of amides is 2. The molecule has 1 aliphatic carbocycles. The fourth-order valence-corrected chi connectivity index (χ4v) is 2.55. The predicted octanol–water partition coefficient (Wildman–Crippen LogP) is 0.345. The lowest BCUT2D eigenvalue weighted by molar-refractivity contribution is -0.117. The van der Waals surface area contributed by atoms with Crippen molar-refractivity contribution in [2.75, 3.05) is 25.0 Å². The maximum Gasteiger partial charge on any atom is 0.251 e. The van der Waals surface area contributed by atoms with E-state index >= 15 is 0 Å². The van der Waals surface area contributed by atoms with Gasteiger partial charge in [0.2, 0.25) is 5.91 Å². The third-order valence-electron chi connectivity index (χ3n) is 4.19. The van der Waals surface area contributed by atoms with Gasteiger partial charge in [0.15, 0.2) is 0 Å². The van der Waals surface area contributed by atoms with Crippen LogP contribution in [0.25, 0.3) is 0 Å². The molecule has 2 fully saturated rings. The number of carbonyl (C=O) groups is 2. The number of β-amino-alcohol motifs (C(OH)–C–C–N with tert-alkyl or cyclic N) is 1. The van der Waals surface area contributed by atoms with Gasteiger partial charge in [-0.15, -0.1) is 0 Å². The highest BCUT2D eigenvalue weighted by Gasteiger charge is 2.29. The second-order valence-corrected chi connectivity index (χ2v) is 6.04. The second kappa shape index (κ2) is 6.46. The highest BCUT2D eigenvalue weighted by atomic mass is 16.3. The first-order chi connectivity index (χ1) is 10.6. The van der Waals surface area contributed by atoms with Crippen LogP contribution in [0.3, 0.4) is 0 Å². The van der Waals surface area contributed by atoms with Crippen LogP contribution in [0, 0.1) is 11.8 Å². The highest BCUT2D eigenvalue weighted by Crippen LogP contribution is 2.30. The van der Waals surface area contributed by atoms with Crippen LogP contribution >= 0.6 is 0 Å². The molecule has 0 spiro atoms. The fourth-order valence-electron chi connectivity index (χ4n) is 2.55. The van der Waals surface area contributed by atoms with Crippen LogP contribution in [-0.4, -0.2) is 42.7 Å². The number of hydrogen-bond acceptors (Lipinski definition) is 4. The van der Waals surface area contributed by atoms with E-state index in [9.17, 15) is 14.7 Å². The summed E-state index contributed by atoms with van der Waals surface area (Å²) in [6, 6.07) is 6.87. The molecule has 22 heavy (non-hydrogen) atoms. The lowest BCUT2D eigenvalue weighted by Crippen LogP contribution is -2.34. The van der Waals surface area contributed by atoms with Gasteiger partial charge in [-0.3, -0.25) is 9.59 Å². The van der Waals surface area contributed by atoms with Crippen molar-refractivity contribution in [3.63, 3.8) is 0 Å². The minimum absolute atomic E-state index is 0.0555. The molecule has 6 heteroatoms. The molecule has 2 unspecified atom stereocenters. The molecule has 1 heterocycles. The number of rotatable bonds is 5. The van der Waals surface area contributed by atoms with Gasteiger partial charge in [0.25, 0.3) is 5.91 Å². The number of aliphatic hydroxyl groups excluding tert-OH is 1. The third-order valence-corrected chi connectivity index (χ3v) is 4.19. The maximum atomic E-state index is 12.1. The summed E-state index contributed by atoms with van der Waals surface area (Å²) >= 11 is 0. The van der Waals surface area contributed by atoms with Crippen LogP contribution in [0.5, 0.6) is 0 Å². The molecule has 2 atom stereocenters. The average Bonchev–Trinajstić information content (AvgIpc) is 3.29. The molecule has 2 amide bonds. The Morgan fingerprint density at radius 1 is 1.18 bits per heavy atom. The molecule has 0 radical (unpaired) electrons. The lowest BCUT2D eigenvalue weighted by atomic mass is 10.1. The second-order valence-electron chi connectivity index (χ2n) is 6.04. The lowest BCUT2D eigenvalue weighted by Gasteiger charge is -2.14. The largest absolute Gasteiger partial charge is 0.391 e. The molecular weight excluding hydrogens is 282 g/mol. The summed E-state index contributed by atoms with van der Waals surface area (Å²) in [5, 5.41) is 18.4. The van der Waals surface area contributed by atoms with Crippen molar-refractivity contribution in [1.82, 2.24) is 10.6 Å². The molecule has 118 valence electrons. The SMILES string of the molecule is O=C(NCC1CNCC1O)c1ccc(NC(=O)C2CC2)cc1.